The number of nitrogens with one attached hydrogen (secondary N) is 1. The van der Waals surface area contributed by atoms with Gasteiger partial charge >= 0.3 is 24.3 Å². The van der Waals surface area contributed by atoms with Gasteiger partial charge in [-0.2, -0.15) is 10.1 Å². The minimum atomic E-state index is -5.00. The van der Waals surface area contributed by atoms with Crippen LogP contribution in [0, 0.1) is 0 Å². The number of hydrogen-bond acceptors (Lipinski definition) is 7. The first kappa shape index (κ1) is 24.3. The quantitative estimate of drug-likeness (QED) is 0.598. The number of fused-ring (bicyclic) bond motifs is 3. The third-order valence-corrected chi connectivity index (χ3v) is 5.48. The Labute approximate surface area is 199 Å². The highest BCUT2D eigenvalue weighted by molar-refractivity contribution is 6.31. The molecule has 14 heteroatoms. The SMILES string of the molecule is COC(=O)c1cc(OC(F)(F)F)ccc1NC(=O)N1CO[C@@]2(C(=O)O)Cc3cc(Cl)ccc3C2=N1. The largest absolute Gasteiger partial charge is 0.573 e. The summed E-state index contributed by atoms with van der Waals surface area (Å²) in [7, 11) is 1.00. The number of rotatable bonds is 4. The first-order valence-electron chi connectivity index (χ1n) is 9.75. The summed E-state index contributed by atoms with van der Waals surface area (Å²) in [5.41, 5.74) is -1.48. The number of amides is 2. The van der Waals surface area contributed by atoms with Gasteiger partial charge in [0.05, 0.1) is 18.4 Å². The third-order valence-electron chi connectivity index (χ3n) is 5.25. The highest BCUT2D eigenvalue weighted by Gasteiger charge is 2.54. The lowest BCUT2D eigenvalue weighted by Crippen LogP contribution is -2.54. The maximum Gasteiger partial charge on any atom is 0.573 e. The monoisotopic (exact) mass is 513 g/mol. The first-order chi connectivity index (χ1) is 16.4. The molecule has 184 valence electrons. The van der Waals surface area contributed by atoms with Crippen LogP contribution in [0.2, 0.25) is 5.02 Å². The van der Waals surface area contributed by atoms with E-state index in [0.717, 1.165) is 30.3 Å². The topological polar surface area (TPSA) is 127 Å². The number of methoxy groups -OCH3 is 1. The Hall–Kier alpha value is -3.84. The zero-order valence-corrected chi connectivity index (χ0v) is 18.4. The van der Waals surface area contributed by atoms with Crippen molar-refractivity contribution in [3.63, 3.8) is 0 Å². The number of urea groups is 1. The fourth-order valence-electron chi connectivity index (χ4n) is 3.71. The zero-order chi connectivity index (χ0) is 25.5. The number of aliphatic carboxylic acids is 1. The summed E-state index contributed by atoms with van der Waals surface area (Å²) in [6.07, 6.45) is -5.06. The summed E-state index contributed by atoms with van der Waals surface area (Å²) in [6.45, 7) is -0.563. The molecule has 0 spiro atoms. The molecule has 2 aromatic carbocycles. The summed E-state index contributed by atoms with van der Waals surface area (Å²) in [5, 5.41) is 17.5. The van der Waals surface area contributed by atoms with Gasteiger partial charge in [0.15, 0.2) is 0 Å². The Balaban J connectivity index is 1.65. The lowest BCUT2D eigenvalue weighted by molar-refractivity contribution is -0.274. The zero-order valence-electron chi connectivity index (χ0n) is 17.7. The molecule has 2 amide bonds. The second-order valence-electron chi connectivity index (χ2n) is 7.41. The number of carboxylic acid groups (broad SMARTS) is 1. The van der Waals surface area contributed by atoms with Crippen molar-refractivity contribution in [1.82, 2.24) is 5.01 Å². The van der Waals surface area contributed by atoms with Gasteiger partial charge in [-0.05, 0) is 35.9 Å². The van der Waals surface area contributed by atoms with E-state index in [1.165, 1.54) is 6.07 Å². The molecule has 2 aliphatic rings. The van der Waals surface area contributed by atoms with E-state index >= 15 is 0 Å². The van der Waals surface area contributed by atoms with Crippen molar-refractivity contribution in [2.75, 3.05) is 19.2 Å². The molecule has 0 fully saturated rings. The second kappa shape index (κ2) is 8.74. The summed E-state index contributed by atoms with van der Waals surface area (Å²) in [4.78, 5) is 37.0. The molecule has 1 heterocycles. The molecule has 4 rings (SSSR count). The number of ether oxygens (including phenoxy) is 3. The first-order valence-corrected chi connectivity index (χ1v) is 10.1. The van der Waals surface area contributed by atoms with Crippen molar-refractivity contribution in [2.24, 2.45) is 5.10 Å². The van der Waals surface area contributed by atoms with Gasteiger partial charge < -0.3 is 24.6 Å². The Bertz CT molecular complexity index is 1270. The number of benzene rings is 2. The second-order valence-corrected chi connectivity index (χ2v) is 7.85. The fourth-order valence-corrected chi connectivity index (χ4v) is 3.91. The van der Waals surface area contributed by atoms with Crippen molar-refractivity contribution in [3.05, 3.63) is 58.1 Å². The Kier molecular flexibility index (Phi) is 6.07. The van der Waals surface area contributed by atoms with Crippen LogP contribution in [0.4, 0.5) is 23.7 Å². The molecule has 0 bridgehead atoms. The van der Waals surface area contributed by atoms with Crippen LogP contribution in [-0.4, -0.2) is 59.6 Å². The standard InChI is InChI=1S/C21H15ClF3N3O7/c1-33-17(29)14-7-12(35-21(23,24)25)3-5-15(14)26-19(32)28-9-34-20(18(30)31)8-10-6-11(22)2-4-13(10)16(20)27-28/h2-7H,8-9H2,1H3,(H,26,32)(H,30,31)/t20-/m0/s1. The van der Waals surface area contributed by atoms with Gasteiger partial charge in [0, 0.05) is 17.0 Å². The van der Waals surface area contributed by atoms with Crippen LogP contribution < -0.4 is 10.1 Å². The molecule has 35 heavy (non-hydrogen) atoms. The van der Waals surface area contributed by atoms with Crippen LogP contribution in [0.3, 0.4) is 0 Å². The third kappa shape index (κ3) is 4.59. The fraction of sp³-hybridized carbons (Fsp3) is 0.238. The Morgan fingerprint density at radius 2 is 1.97 bits per heavy atom. The predicted molar refractivity (Wildman–Crippen MR) is 113 cm³/mol. The van der Waals surface area contributed by atoms with Crippen LogP contribution in [-0.2, 0) is 20.7 Å². The average molecular weight is 514 g/mol. The number of carbonyl (C=O) groups excluding carboxylic acids is 2. The van der Waals surface area contributed by atoms with Crippen molar-refractivity contribution in [1.29, 1.82) is 0 Å². The number of hydrazone groups is 1. The maximum absolute atomic E-state index is 12.9. The summed E-state index contributed by atoms with van der Waals surface area (Å²) in [6, 6.07) is 6.36. The number of carbonyl (C=O) groups is 3. The lowest BCUT2D eigenvalue weighted by Gasteiger charge is -2.33. The number of esters is 1. The van der Waals surface area contributed by atoms with Crippen molar-refractivity contribution >= 4 is 41.0 Å². The van der Waals surface area contributed by atoms with Gasteiger partial charge in [-0.25, -0.2) is 14.4 Å². The average Bonchev–Trinajstić information content (AvgIpc) is 3.12. The van der Waals surface area contributed by atoms with Crippen LogP contribution >= 0.6 is 11.6 Å². The summed E-state index contributed by atoms with van der Waals surface area (Å²) in [5.74, 6) is -3.05. The van der Waals surface area contributed by atoms with E-state index in [1.54, 1.807) is 12.1 Å². The molecule has 0 aromatic heterocycles. The molecule has 1 aliphatic carbocycles. The number of hydrogen-bond donors (Lipinski definition) is 2. The van der Waals surface area contributed by atoms with Crippen LogP contribution in [0.15, 0.2) is 41.5 Å². The van der Waals surface area contributed by atoms with Gasteiger partial charge in [-0.1, -0.05) is 17.7 Å². The molecular formula is C21H15ClF3N3O7. The van der Waals surface area contributed by atoms with Gasteiger partial charge in [0.25, 0.3) is 0 Å². The predicted octanol–water partition coefficient (Wildman–Crippen LogP) is 3.63. The molecule has 2 aromatic rings. The molecule has 0 radical (unpaired) electrons. The smallest absolute Gasteiger partial charge is 0.479 e. The van der Waals surface area contributed by atoms with Crippen molar-refractivity contribution in [3.8, 4) is 5.75 Å². The van der Waals surface area contributed by atoms with E-state index in [9.17, 15) is 32.7 Å². The van der Waals surface area contributed by atoms with Gasteiger partial charge in [-0.3, -0.25) is 0 Å². The minimum Gasteiger partial charge on any atom is -0.479 e. The van der Waals surface area contributed by atoms with E-state index in [1.807, 2.05) is 0 Å². The maximum atomic E-state index is 12.9. The molecule has 1 aliphatic heterocycles. The van der Waals surface area contributed by atoms with E-state index in [-0.39, 0.29) is 17.8 Å². The van der Waals surface area contributed by atoms with Crippen molar-refractivity contribution in [2.45, 2.75) is 18.4 Å². The summed E-state index contributed by atoms with van der Waals surface area (Å²) >= 11 is 6.00. The molecule has 0 saturated heterocycles. The highest BCUT2D eigenvalue weighted by Crippen LogP contribution is 2.38. The van der Waals surface area contributed by atoms with Crippen LogP contribution in [0.5, 0.6) is 5.75 Å². The number of anilines is 1. The molecule has 2 N–H and O–H groups in total. The number of nitrogens with zero attached hydrogens (tertiary/aromatic N) is 2. The molecule has 10 nitrogen and oxygen atoms in total. The Morgan fingerprint density at radius 3 is 2.63 bits per heavy atom. The molecule has 0 unspecified atom stereocenters. The van der Waals surface area contributed by atoms with Crippen LogP contribution in [0.1, 0.15) is 21.5 Å². The number of alkyl halides is 3. The van der Waals surface area contributed by atoms with Gasteiger partial charge in [-0.15, -0.1) is 13.2 Å². The van der Waals surface area contributed by atoms with Gasteiger partial charge in [0.1, 0.15) is 18.2 Å². The van der Waals surface area contributed by atoms with E-state index in [2.05, 4.69) is 19.9 Å². The number of carboxylic acids is 1. The highest BCUT2D eigenvalue weighted by atomic mass is 35.5. The molecule has 0 saturated carbocycles. The molecule has 1 atom stereocenters. The van der Waals surface area contributed by atoms with E-state index in [4.69, 9.17) is 16.3 Å². The number of halogens is 4. The van der Waals surface area contributed by atoms with E-state index < -0.39 is 48.0 Å². The van der Waals surface area contributed by atoms with E-state index in [0.29, 0.717) is 16.1 Å². The lowest BCUT2D eigenvalue weighted by atomic mass is 9.98. The Morgan fingerprint density at radius 1 is 1.23 bits per heavy atom. The minimum absolute atomic E-state index is 0.0276. The summed E-state index contributed by atoms with van der Waals surface area (Å²) < 4.78 is 51.6. The normalized spacial score (nSPS) is 18.8. The van der Waals surface area contributed by atoms with Crippen LogP contribution in [0.25, 0.3) is 0 Å². The molecular weight excluding hydrogens is 499 g/mol. The van der Waals surface area contributed by atoms with Gasteiger partial charge in [0.2, 0.25) is 5.60 Å². The van der Waals surface area contributed by atoms with Crippen molar-refractivity contribution < 1.29 is 46.9 Å².